The van der Waals surface area contributed by atoms with E-state index in [1.165, 1.54) is 6.07 Å². The highest BCUT2D eigenvalue weighted by molar-refractivity contribution is 7.80. The van der Waals surface area contributed by atoms with E-state index in [2.05, 4.69) is 34.6 Å². The van der Waals surface area contributed by atoms with Crippen molar-refractivity contribution in [2.75, 3.05) is 25.6 Å². The summed E-state index contributed by atoms with van der Waals surface area (Å²) in [6.45, 7) is 7.02. The van der Waals surface area contributed by atoms with Crippen LogP contribution < -0.4 is 9.64 Å². The molecule has 0 fully saturated rings. The molecule has 0 aliphatic heterocycles. The third kappa shape index (κ3) is 4.58. The summed E-state index contributed by atoms with van der Waals surface area (Å²) in [5, 5.41) is 29.6. The van der Waals surface area contributed by atoms with Crippen LogP contribution in [0.3, 0.4) is 0 Å². The average Bonchev–Trinajstić information content (AvgIpc) is 3.12. The summed E-state index contributed by atoms with van der Waals surface area (Å²) < 4.78 is 7.34. The molecule has 1 heterocycles. The standard InChI is InChI=1S/C23H30N4O3S/c1-6-7-10-26(4)18-11-15(8-9-21(18)30-5)27-22(24-25-23(27)31)17-12-16(14(2)3)19(28)13-20(17)29/h8-9,11-14,28-29H,6-7,10H2,1-5H3,(H,25,31). The lowest BCUT2D eigenvalue weighted by Gasteiger charge is -2.23. The first kappa shape index (κ1) is 22.8. The zero-order valence-corrected chi connectivity index (χ0v) is 19.5. The second-order valence-corrected chi connectivity index (χ2v) is 8.27. The number of ether oxygens (including phenoxy) is 1. The lowest BCUT2D eigenvalue weighted by Crippen LogP contribution is -2.19. The van der Waals surface area contributed by atoms with Gasteiger partial charge in [0.1, 0.15) is 17.2 Å². The molecule has 0 radical (unpaired) electrons. The van der Waals surface area contributed by atoms with Crippen molar-refractivity contribution in [3.8, 4) is 34.3 Å². The number of rotatable bonds is 8. The number of nitrogens with zero attached hydrogens (tertiary/aromatic N) is 4. The first-order chi connectivity index (χ1) is 14.8. The summed E-state index contributed by atoms with van der Waals surface area (Å²) in [6.07, 6.45) is 2.17. The Bertz CT molecular complexity index is 1070. The van der Waals surface area contributed by atoms with Crippen molar-refractivity contribution in [2.24, 2.45) is 0 Å². The predicted octanol–water partition coefficient (Wildman–Crippen LogP) is 5.00. The minimum absolute atomic E-state index is 0.0534. The molecule has 3 aromatic rings. The van der Waals surface area contributed by atoms with Gasteiger partial charge in [0.15, 0.2) is 11.0 Å². The number of aromatic nitrogens is 3. The smallest absolute Gasteiger partial charge is 0.193 e. The van der Waals surface area contributed by atoms with E-state index < -0.39 is 0 Å². The molecule has 0 aliphatic carbocycles. The van der Waals surface area contributed by atoms with Crippen molar-refractivity contribution in [1.82, 2.24) is 14.8 Å². The molecular formula is C23H30N4O3S. The Balaban J connectivity index is 2.15. The maximum absolute atomic E-state index is 10.6. The fraction of sp³-hybridized carbons (Fsp3) is 0.391. The first-order valence-corrected chi connectivity index (χ1v) is 10.8. The summed E-state index contributed by atoms with van der Waals surface area (Å²) >= 11 is 4.51. The molecule has 1 aromatic heterocycles. The number of phenols is 2. The van der Waals surface area contributed by atoms with E-state index in [0.29, 0.717) is 16.5 Å². The largest absolute Gasteiger partial charge is 0.508 e. The van der Waals surface area contributed by atoms with Crippen LogP contribution in [0.4, 0.5) is 5.69 Å². The number of thiol groups is 1. The van der Waals surface area contributed by atoms with E-state index in [9.17, 15) is 10.2 Å². The van der Waals surface area contributed by atoms with Crippen molar-refractivity contribution in [2.45, 2.75) is 44.7 Å². The predicted molar refractivity (Wildman–Crippen MR) is 126 cm³/mol. The van der Waals surface area contributed by atoms with Gasteiger partial charge < -0.3 is 19.8 Å². The molecule has 8 heteroatoms. The fourth-order valence-corrected chi connectivity index (χ4v) is 3.81. The molecule has 166 valence electrons. The van der Waals surface area contributed by atoms with Crippen LogP contribution in [0, 0.1) is 0 Å². The van der Waals surface area contributed by atoms with Crippen molar-refractivity contribution >= 4 is 18.3 Å². The lowest BCUT2D eigenvalue weighted by atomic mass is 9.98. The highest BCUT2D eigenvalue weighted by atomic mass is 32.1. The molecule has 0 aliphatic rings. The second kappa shape index (κ2) is 9.51. The van der Waals surface area contributed by atoms with Gasteiger partial charge in [-0.05, 0) is 42.2 Å². The molecule has 0 atom stereocenters. The Morgan fingerprint density at radius 3 is 2.52 bits per heavy atom. The molecule has 0 unspecified atom stereocenters. The average molecular weight is 443 g/mol. The van der Waals surface area contributed by atoms with Crippen LogP contribution in [-0.4, -0.2) is 45.7 Å². The van der Waals surface area contributed by atoms with Crippen molar-refractivity contribution in [3.05, 3.63) is 35.9 Å². The van der Waals surface area contributed by atoms with Crippen LogP contribution in [0.15, 0.2) is 35.5 Å². The Hall–Kier alpha value is -2.87. The molecule has 3 rings (SSSR count). The lowest BCUT2D eigenvalue weighted by molar-refractivity contribution is 0.414. The van der Waals surface area contributed by atoms with Crippen molar-refractivity contribution < 1.29 is 14.9 Å². The number of aromatic hydroxyl groups is 2. The molecule has 2 aromatic carbocycles. The Morgan fingerprint density at radius 2 is 1.87 bits per heavy atom. The highest BCUT2D eigenvalue weighted by Gasteiger charge is 2.21. The quantitative estimate of drug-likeness (QED) is 0.426. The number of hydrogen-bond acceptors (Lipinski definition) is 7. The summed E-state index contributed by atoms with van der Waals surface area (Å²) in [4.78, 5) is 2.16. The molecule has 7 nitrogen and oxygen atoms in total. The molecule has 0 amide bonds. The Labute approximate surface area is 188 Å². The fourth-order valence-electron chi connectivity index (χ4n) is 3.56. The van der Waals surface area contributed by atoms with E-state index in [1.54, 1.807) is 17.7 Å². The van der Waals surface area contributed by atoms with E-state index >= 15 is 0 Å². The summed E-state index contributed by atoms with van der Waals surface area (Å²) in [6, 6.07) is 8.91. The van der Waals surface area contributed by atoms with E-state index in [0.717, 1.165) is 42.1 Å². The molecule has 0 spiro atoms. The molecule has 0 saturated carbocycles. The molecule has 31 heavy (non-hydrogen) atoms. The van der Waals surface area contributed by atoms with Gasteiger partial charge in [0.05, 0.1) is 24.0 Å². The zero-order valence-electron chi connectivity index (χ0n) is 18.6. The number of phenolic OH excluding ortho intramolecular Hbond substituents is 2. The zero-order chi connectivity index (χ0) is 22.7. The highest BCUT2D eigenvalue weighted by Crippen LogP contribution is 2.39. The molecule has 0 bridgehead atoms. The number of hydrogen-bond donors (Lipinski definition) is 3. The first-order valence-electron chi connectivity index (χ1n) is 10.4. The van der Waals surface area contributed by atoms with Gasteiger partial charge in [-0.3, -0.25) is 4.57 Å². The van der Waals surface area contributed by atoms with Crippen LogP contribution in [0.25, 0.3) is 17.1 Å². The monoisotopic (exact) mass is 442 g/mol. The third-order valence-electron chi connectivity index (χ3n) is 5.33. The van der Waals surface area contributed by atoms with E-state index in [-0.39, 0.29) is 17.4 Å². The van der Waals surface area contributed by atoms with Gasteiger partial charge in [0.2, 0.25) is 0 Å². The second-order valence-electron chi connectivity index (χ2n) is 7.87. The van der Waals surface area contributed by atoms with E-state index in [1.807, 2.05) is 39.1 Å². The van der Waals surface area contributed by atoms with Gasteiger partial charge in [-0.15, -0.1) is 22.8 Å². The number of methoxy groups -OCH3 is 1. The minimum Gasteiger partial charge on any atom is -0.508 e. The number of benzene rings is 2. The van der Waals surface area contributed by atoms with Crippen LogP contribution >= 0.6 is 12.6 Å². The molecule has 0 saturated heterocycles. The van der Waals surface area contributed by atoms with Crippen molar-refractivity contribution in [1.29, 1.82) is 0 Å². The van der Waals surface area contributed by atoms with Gasteiger partial charge in [0, 0.05) is 19.7 Å². The van der Waals surface area contributed by atoms with E-state index in [4.69, 9.17) is 4.74 Å². The van der Waals surface area contributed by atoms with Crippen LogP contribution in [0.1, 0.15) is 45.1 Å². The van der Waals surface area contributed by atoms with Gasteiger partial charge in [-0.1, -0.05) is 27.2 Å². The summed E-state index contributed by atoms with van der Waals surface area (Å²) in [5.41, 5.74) is 2.94. The maximum atomic E-state index is 10.6. The summed E-state index contributed by atoms with van der Waals surface area (Å²) in [7, 11) is 3.69. The SMILES string of the molecule is CCCCN(C)c1cc(-n2c(S)nnc2-c2cc(C(C)C)c(O)cc2O)ccc1OC. The van der Waals surface area contributed by atoms with Gasteiger partial charge >= 0.3 is 0 Å². The minimum atomic E-state index is -0.0716. The Kier molecular flexibility index (Phi) is 7.00. The summed E-state index contributed by atoms with van der Waals surface area (Å²) in [5.74, 6) is 1.27. The number of unbranched alkanes of at least 4 members (excludes halogenated alkanes) is 1. The van der Waals surface area contributed by atoms with Crippen LogP contribution in [0.5, 0.6) is 17.2 Å². The number of anilines is 1. The third-order valence-corrected chi connectivity index (χ3v) is 5.62. The van der Waals surface area contributed by atoms with Crippen LogP contribution in [-0.2, 0) is 0 Å². The van der Waals surface area contributed by atoms with Gasteiger partial charge in [-0.25, -0.2) is 0 Å². The van der Waals surface area contributed by atoms with Gasteiger partial charge in [-0.2, -0.15) is 0 Å². The topological polar surface area (TPSA) is 83.6 Å². The van der Waals surface area contributed by atoms with Gasteiger partial charge in [0.25, 0.3) is 0 Å². The Morgan fingerprint density at radius 1 is 1.13 bits per heavy atom. The molecule has 2 N–H and O–H groups in total. The van der Waals surface area contributed by atoms with Crippen molar-refractivity contribution in [3.63, 3.8) is 0 Å². The maximum Gasteiger partial charge on any atom is 0.193 e. The van der Waals surface area contributed by atoms with Crippen LogP contribution in [0.2, 0.25) is 0 Å². The normalized spacial score (nSPS) is 11.2. The molecular weight excluding hydrogens is 412 g/mol.